The molecule has 1 aromatic carbocycles. The van der Waals surface area contributed by atoms with Gasteiger partial charge in [0.25, 0.3) is 0 Å². The second kappa shape index (κ2) is 3.88. The summed E-state index contributed by atoms with van der Waals surface area (Å²) < 4.78 is 0.133. The molecule has 1 rings (SSSR count). The van der Waals surface area contributed by atoms with Gasteiger partial charge in [0.15, 0.2) is 0 Å². The molecule has 0 fully saturated rings. The molecule has 0 unspecified atom stereocenters. The predicted octanol–water partition coefficient (Wildman–Crippen LogP) is 1.80. The number of phenolic OH excluding ortho intramolecular Hbond substituents is 2. The molecule has 0 heterocycles. The molecule has 0 atom stereocenters. The van der Waals surface area contributed by atoms with E-state index in [9.17, 15) is 15.0 Å². The maximum absolute atomic E-state index is 10.4. The SMILES string of the molecule is Cc1cc(CC(=O)O)c(O)c(Br)c1O. The summed E-state index contributed by atoms with van der Waals surface area (Å²) in [4.78, 5) is 10.4. The zero-order chi connectivity index (χ0) is 10.9. The summed E-state index contributed by atoms with van der Waals surface area (Å²) in [6.07, 6.45) is -0.272. The van der Waals surface area contributed by atoms with Crippen molar-refractivity contribution in [2.45, 2.75) is 13.3 Å². The normalized spacial score (nSPS) is 10.1. The number of hydrogen-bond donors (Lipinski definition) is 3. The number of carbonyl (C=O) groups is 1. The fourth-order valence-electron chi connectivity index (χ4n) is 1.12. The fourth-order valence-corrected chi connectivity index (χ4v) is 1.69. The van der Waals surface area contributed by atoms with Crippen LogP contribution in [0.15, 0.2) is 10.5 Å². The number of carboxylic acid groups (broad SMARTS) is 1. The Morgan fingerprint density at radius 3 is 2.50 bits per heavy atom. The van der Waals surface area contributed by atoms with Gasteiger partial charge in [-0.15, -0.1) is 0 Å². The van der Waals surface area contributed by atoms with Gasteiger partial charge in [0.1, 0.15) is 16.0 Å². The van der Waals surface area contributed by atoms with Crippen LogP contribution >= 0.6 is 15.9 Å². The second-order valence-electron chi connectivity index (χ2n) is 2.93. The predicted molar refractivity (Wildman–Crippen MR) is 53.5 cm³/mol. The van der Waals surface area contributed by atoms with Gasteiger partial charge in [-0.25, -0.2) is 0 Å². The van der Waals surface area contributed by atoms with Crippen molar-refractivity contribution in [2.75, 3.05) is 0 Å². The van der Waals surface area contributed by atoms with Crippen LogP contribution in [0, 0.1) is 6.92 Å². The van der Waals surface area contributed by atoms with E-state index < -0.39 is 5.97 Å². The molecule has 14 heavy (non-hydrogen) atoms. The third-order valence-electron chi connectivity index (χ3n) is 1.83. The molecule has 5 heteroatoms. The molecular formula is C9H9BrO4. The number of aromatic hydroxyl groups is 2. The van der Waals surface area contributed by atoms with E-state index >= 15 is 0 Å². The van der Waals surface area contributed by atoms with Crippen LogP contribution in [0.25, 0.3) is 0 Å². The van der Waals surface area contributed by atoms with Gasteiger partial charge in [-0.05, 0) is 34.5 Å². The van der Waals surface area contributed by atoms with E-state index in [4.69, 9.17) is 5.11 Å². The van der Waals surface area contributed by atoms with E-state index in [0.29, 0.717) is 5.56 Å². The molecule has 0 aromatic heterocycles. The van der Waals surface area contributed by atoms with E-state index in [1.54, 1.807) is 6.92 Å². The van der Waals surface area contributed by atoms with Crippen molar-refractivity contribution in [2.24, 2.45) is 0 Å². The lowest BCUT2D eigenvalue weighted by atomic mass is 10.1. The monoisotopic (exact) mass is 260 g/mol. The molecule has 0 radical (unpaired) electrons. The number of aliphatic carboxylic acids is 1. The van der Waals surface area contributed by atoms with Gasteiger partial charge in [0.05, 0.1) is 6.42 Å². The highest BCUT2D eigenvalue weighted by Crippen LogP contribution is 2.38. The van der Waals surface area contributed by atoms with E-state index in [-0.39, 0.29) is 28.0 Å². The molecular weight excluding hydrogens is 252 g/mol. The molecule has 0 aliphatic heterocycles. The molecule has 76 valence electrons. The molecule has 0 spiro atoms. The van der Waals surface area contributed by atoms with Crippen LogP contribution in [-0.2, 0) is 11.2 Å². The topological polar surface area (TPSA) is 77.8 Å². The van der Waals surface area contributed by atoms with Crippen molar-refractivity contribution in [3.63, 3.8) is 0 Å². The first-order valence-corrected chi connectivity index (χ1v) is 4.64. The summed E-state index contributed by atoms with van der Waals surface area (Å²) in [5, 5.41) is 27.4. The highest BCUT2D eigenvalue weighted by molar-refractivity contribution is 9.10. The second-order valence-corrected chi connectivity index (χ2v) is 3.73. The Bertz CT molecular complexity index is 387. The van der Waals surface area contributed by atoms with Crippen LogP contribution in [0.5, 0.6) is 11.5 Å². The smallest absolute Gasteiger partial charge is 0.307 e. The summed E-state index contributed by atoms with van der Waals surface area (Å²) in [5.41, 5.74) is 0.797. The number of carboxylic acids is 1. The van der Waals surface area contributed by atoms with E-state index in [0.717, 1.165) is 0 Å². The molecule has 0 saturated heterocycles. The first-order valence-electron chi connectivity index (χ1n) is 3.85. The lowest BCUT2D eigenvalue weighted by Crippen LogP contribution is -2.01. The lowest BCUT2D eigenvalue weighted by Gasteiger charge is -2.08. The Kier molecular flexibility index (Phi) is 3.00. The van der Waals surface area contributed by atoms with Crippen molar-refractivity contribution in [3.05, 3.63) is 21.7 Å². The molecule has 4 nitrogen and oxygen atoms in total. The van der Waals surface area contributed by atoms with E-state index in [1.807, 2.05) is 0 Å². The summed E-state index contributed by atoms with van der Waals surface area (Å²) >= 11 is 2.98. The zero-order valence-corrected chi connectivity index (χ0v) is 9.00. The average molecular weight is 261 g/mol. The van der Waals surface area contributed by atoms with Crippen LogP contribution < -0.4 is 0 Å². The average Bonchev–Trinajstić information content (AvgIpc) is 2.10. The molecule has 0 aliphatic carbocycles. The van der Waals surface area contributed by atoms with Gasteiger partial charge >= 0.3 is 5.97 Å². The first kappa shape index (κ1) is 10.8. The largest absolute Gasteiger partial charge is 0.506 e. The van der Waals surface area contributed by atoms with Gasteiger partial charge < -0.3 is 15.3 Å². The number of phenols is 2. The van der Waals surface area contributed by atoms with Crippen LogP contribution in [-0.4, -0.2) is 21.3 Å². The van der Waals surface area contributed by atoms with Gasteiger partial charge in [0, 0.05) is 5.56 Å². The summed E-state index contributed by atoms with van der Waals surface area (Å²) in [5.74, 6) is -1.33. The molecule has 3 N–H and O–H groups in total. The van der Waals surface area contributed by atoms with Crippen molar-refractivity contribution in [1.82, 2.24) is 0 Å². The van der Waals surface area contributed by atoms with Crippen LogP contribution in [0.1, 0.15) is 11.1 Å². The van der Waals surface area contributed by atoms with Gasteiger partial charge in [-0.3, -0.25) is 4.79 Å². The Hall–Kier alpha value is -1.23. The fraction of sp³-hybridized carbons (Fsp3) is 0.222. The van der Waals surface area contributed by atoms with Crippen molar-refractivity contribution in [1.29, 1.82) is 0 Å². The number of aryl methyl sites for hydroxylation is 1. The number of benzene rings is 1. The van der Waals surface area contributed by atoms with Crippen molar-refractivity contribution in [3.8, 4) is 11.5 Å². The molecule has 1 aromatic rings. The Balaban J connectivity index is 3.25. The van der Waals surface area contributed by atoms with Crippen LogP contribution in [0.4, 0.5) is 0 Å². The summed E-state index contributed by atoms with van der Waals surface area (Å²) in [6, 6.07) is 1.45. The van der Waals surface area contributed by atoms with Gasteiger partial charge in [-0.2, -0.15) is 0 Å². The molecule has 0 aliphatic rings. The third-order valence-corrected chi connectivity index (χ3v) is 2.58. The van der Waals surface area contributed by atoms with Crippen molar-refractivity contribution < 1.29 is 20.1 Å². The highest BCUT2D eigenvalue weighted by atomic mass is 79.9. The third kappa shape index (κ3) is 1.98. The summed E-state index contributed by atoms with van der Waals surface area (Å²) in [6.45, 7) is 1.63. The highest BCUT2D eigenvalue weighted by Gasteiger charge is 2.14. The number of rotatable bonds is 2. The number of halogens is 1. The molecule has 0 amide bonds. The summed E-state index contributed by atoms with van der Waals surface area (Å²) in [7, 11) is 0. The van der Waals surface area contributed by atoms with E-state index in [2.05, 4.69) is 15.9 Å². The minimum Gasteiger partial charge on any atom is -0.506 e. The maximum atomic E-state index is 10.4. The van der Waals surface area contributed by atoms with Crippen LogP contribution in [0.3, 0.4) is 0 Å². The Morgan fingerprint density at radius 2 is 2.00 bits per heavy atom. The first-order chi connectivity index (χ1) is 6.43. The van der Waals surface area contributed by atoms with Crippen LogP contribution in [0.2, 0.25) is 0 Å². The Morgan fingerprint density at radius 1 is 1.43 bits per heavy atom. The van der Waals surface area contributed by atoms with Gasteiger partial charge in [-0.1, -0.05) is 0 Å². The minimum atomic E-state index is -1.03. The standard InChI is InChI=1S/C9H9BrO4/c1-4-2-5(3-6(11)12)9(14)7(10)8(4)13/h2,13-14H,3H2,1H3,(H,11,12). The molecule has 0 saturated carbocycles. The number of hydrogen-bond acceptors (Lipinski definition) is 3. The van der Waals surface area contributed by atoms with Crippen molar-refractivity contribution >= 4 is 21.9 Å². The minimum absolute atomic E-state index is 0.0726. The van der Waals surface area contributed by atoms with Gasteiger partial charge in [0.2, 0.25) is 0 Å². The molecule has 0 bridgehead atoms. The Labute approximate surface area is 88.9 Å². The van der Waals surface area contributed by atoms with E-state index in [1.165, 1.54) is 6.07 Å². The quantitative estimate of drug-likeness (QED) is 0.758. The zero-order valence-electron chi connectivity index (χ0n) is 7.41. The lowest BCUT2D eigenvalue weighted by molar-refractivity contribution is -0.136. The maximum Gasteiger partial charge on any atom is 0.307 e.